The predicted molar refractivity (Wildman–Crippen MR) is 91.8 cm³/mol. The van der Waals surface area contributed by atoms with Gasteiger partial charge < -0.3 is 10.2 Å². The number of rotatable bonds is 9. The lowest BCUT2D eigenvalue weighted by Crippen LogP contribution is -2.28. The molecule has 2 aromatic rings. The Morgan fingerprint density at radius 3 is 1.75 bits per heavy atom. The minimum Gasteiger partial charge on any atom is -0.481 e. The molecule has 2 N–H and O–H groups in total. The number of hydrogen-bond acceptors (Lipinski definition) is 2. The van der Waals surface area contributed by atoms with Gasteiger partial charge in [0.1, 0.15) is 0 Å². The zero-order valence-corrected chi connectivity index (χ0v) is 13.5. The quantitative estimate of drug-likeness (QED) is 0.737. The summed E-state index contributed by atoms with van der Waals surface area (Å²) in [5.41, 5.74) is 1.99. The number of benzene rings is 2. The molecule has 0 unspecified atom stereocenters. The van der Waals surface area contributed by atoms with Gasteiger partial charge in [-0.3, -0.25) is 9.59 Å². The fourth-order valence-electron chi connectivity index (χ4n) is 2.99. The molecular weight excluding hydrogens is 304 g/mol. The van der Waals surface area contributed by atoms with Crippen molar-refractivity contribution in [1.82, 2.24) is 0 Å². The van der Waals surface area contributed by atoms with Crippen LogP contribution < -0.4 is 0 Å². The van der Waals surface area contributed by atoms with E-state index in [1.807, 2.05) is 60.7 Å². The summed E-state index contributed by atoms with van der Waals surface area (Å²) < 4.78 is 0. The van der Waals surface area contributed by atoms with E-state index in [4.69, 9.17) is 5.11 Å². The summed E-state index contributed by atoms with van der Waals surface area (Å²) in [5, 5.41) is 18.7. The third-order valence-electron chi connectivity index (χ3n) is 4.25. The van der Waals surface area contributed by atoms with E-state index in [1.165, 1.54) is 0 Å². The predicted octanol–water partition coefficient (Wildman–Crippen LogP) is 3.65. The van der Waals surface area contributed by atoms with Crippen LogP contribution >= 0.6 is 0 Å². The highest BCUT2D eigenvalue weighted by Gasteiger charge is 2.29. The monoisotopic (exact) mass is 326 g/mol. The lowest BCUT2D eigenvalue weighted by atomic mass is 9.80. The van der Waals surface area contributed by atoms with Gasteiger partial charge in [-0.2, -0.15) is 0 Å². The second kappa shape index (κ2) is 8.87. The van der Waals surface area contributed by atoms with Crippen molar-refractivity contribution in [3.8, 4) is 0 Å². The Bertz CT molecular complexity index is 652. The Hall–Kier alpha value is -2.62. The molecule has 24 heavy (non-hydrogen) atoms. The van der Waals surface area contributed by atoms with Crippen LogP contribution in [-0.2, 0) is 22.4 Å². The van der Waals surface area contributed by atoms with E-state index in [9.17, 15) is 14.7 Å². The summed E-state index contributed by atoms with van der Waals surface area (Å²) in [4.78, 5) is 22.8. The van der Waals surface area contributed by atoms with E-state index < -0.39 is 17.9 Å². The lowest BCUT2D eigenvalue weighted by molar-refractivity contribution is -0.145. The number of hydrogen-bond donors (Lipinski definition) is 2. The topological polar surface area (TPSA) is 74.6 Å². The molecule has 4 nitrogen and oxygen atoms in total. The first-order valence-electron chi connectivity index (χ1n) is 8.08. The smallest absolute Gasteiger partial charge is 0.307 e. The average molecular weight is 326 g/mol. The van der Waals surface area contributed by atoms with Gasteiger partial charge in [0, 0.05) is 6.42 Å². The fourth-order valence-corrected chi connectivity index (χ4v) is 2.99. The molecule has 0 radical (unpaired) electrons. The standard InChI is InChI=1S/C20H22O4/c21-19(22)12-11-17(13-15-7-3-1-4-8-15)18(20(23)24)14-16-9-5-2-6-10-16/h1-10,17-18H,11-14H2,(H,21,22)(H,23,24)/t17-,18-/m1/s1. The van der Waals surface area contributed by atoms with Crippen molar-refractivity contribution in [2.75, 3.05) is 0 Å². The largest absolute Gasteiger partial charge is 0.481 e. The van der Waals surface area contributed by atoms with Gasteiger partial charge in [0.05, 0.1) is 5.92 Å². The van der Waals surface area contributed by atoms with Gasteiger partial charge in [0.15, 0.2) is 0 Å². The first kappa shape index (κ1) is 17.7. The van der Waals surface area contributed by atoms with E-state index in [0.29, 0.717) is 19.3 Å². The highest BCUT2D eigenvalue weighted by molar-refractivity contribution is 5.71. The first-order valence-corrected chi connectivity index (χ1v) is 8.08. The first-order chi connectivity index (χ1) is 11.6. The van der Waals surface area contributed by atoms with Crippen molar-refractivity contribution in [3.63, 3.8) is 0 Å². The maximum Gasteiger partial charge on any atom is 0.307 e. The molecule has 2 rings (SSSR count). The molecule has 0 saturated heterocycles. The molecule has 0 bridgehead atoms. The van der Waals surface area contributed by atoms with E-state index in [0.717, 1.165) is 11.1 Å². The van der Waals surface area contributed by atoms with E-state index in [-0.39, 0.29) is 12.3 Å². The van der Waals surface area contributed by atoms with Crippen LogP contribution in [0.4, 0.5) is 0 Å². The van der Waals surface area contributed by atoms with Gasteiger partial charge in [0.2, 0.25) is 0 Å². The Kier molecular flexibility index (Phi) is 6.55. The lowest BCUT2D eigenvalue weighted by Gasteiger charge is -2.24. The molecule has 0 saturated carbocycles. The van der Waals surface area contributed by atoms with E-state index in [2.05, 4.69) is 0 Å². The molecule has 0 aliphatic rings. The molecule has 2 atom stereocenters. The number of carboxylic acid groups (broad SMARTS) is 2. The third-order valence-corrected chi connectivity index (χ3v) is 4.25. The Morgan fingerprint density at radius 2 is 1.29 bits per heavy atom. The molecule has 0 spiro atoms. The summed E-state index contributed by atoms with van der Waals surface area (Å²) in [6.07, 6.45) is 1.31. The number of carboxylic acids is 2. The van der Waals surface area contributed by atoms with E-state index >= 15 is 0 Å². The van der Waals surface area contributed by atoms with Crippen LogP contribution in [0.25, 0.3) is 0 Å². The van der Waals surface area contributed by atoms with Crippen LogP contribution in [-0.4, -0.2) is 22.2 Å². The minimum atomic E-state index is -0.892. The van der Waals surface area contributed by atoms with Gasteiger partial charge >= 0.3 is 11.9 Å². The third kappa shape index (κ3) is 5.54. The van der Waals surface area contributed by atoms with Crippen LogP contribution in [0.2, 0.25) is 0 Å². The van der Waals surface area contributed by atoms with Gasteiger partial charge in [0.25, 0.3) is 0 Å². The highest BCUT2D eigenvalue weighted by atomic mass is 16.4. The molecule has 0 heterocycles. The Balaban J connectivity index is 2.19. The summed E-state index contributed by atoms with van der Waals surface area (Å²) in [6, 6.07) is 19.1. The maximum absolute atomic E-state index is 11.8. The molecule has 4 heteroatoms. The van der Waals surface area contributed by atoms with Gasteiger partial charge in [-0.25, -0.2) is 0 Å². The van der Waals surface area contributed by atoms with Gasteiger partial charge in [-0.15, -0.1) is 0 Å². The fraction of sp³-hybridized carbons (Fsp3) is 0.300. The van der Waals surface area contributed by atoms with Crippen LogP contribution in [0, 0.1) is 11.8 Å². The highest BCUT2D eigenvalue weighted by Crippen LogP contribution is 2.26. The van der Waals surface area contributed by atoms with Crippen LogP contribution in [0.3, 0.4) is 0 Å². The van der Waals surface area contributed by atoms with Crippen LogP contribution in [0.15, 0.2) is 60.7 Å². The molecule has 0 aliphatic heterocycles. The number of carbonyl (C=O) groups is 2. The molecular formula is C20H22O4. The van der Waals surface area contributed by atoms with E-state index in [1.54, 1.807) is 0 Å². The van der Waals surface area contributed by atoms with Crippen LogP contribution in [0.5, 0.6) is 0 Å². The Labute approximate surface area is 141 Å². The molecule has 0 fully saturated rings. The van der Waals surface area contributed by atoms with Gasteiger partial charge in [-0.05, 0) is 36.3 Å². The average Bonchev–Trinajstić information content (AvgIpc) is 2.58. The SMILES string of the molecule is O=C(O)CC[C@H](Cc1ccccc1)[C@@H](Cc1ccccc1)C(=O)O. The number of aliphatic carboxylic acids is 2. The second-order valence-electron chi connectivity index (χ2n) is 6.02. The summed E-state index contributed by atoms with van der Waals surface area (Å²) >= 11 is 0. The molecule has 126 valence electrons. The molecule has 0 amide bonds. The van der Waals surface area contributed by atoms with Crippen molar-refractivity contribution in [2.45, 2.75) is 25.7 Å². The summed E-state index contributed by atoms with van der Waals surface area (Å²) in [5.74, 6) is -2.59. The van der Waals surface area contributed by atoms with Crippen molar-refractivity contribution in [1.29, 1.82) is 0 Å². The van der Waals surface area contributed by atoms with Crippen LogP contribution in [0.1, 0.15) is 24.0 Å². The van der Waals surface area contributed by atoms with Crippen molar-refractivity contribution in [2.24, 2.45) is 11.8 Å². The minimum absolute atomic E-state index is 0.0178. The van der Waals surface area contributed by atoms with Gasteiger partial charge in [-0.1, -0.05) is 60.7 Å². The zero-order chi connectivity index (χ0) is 17.4. The Morgan fingerprint density at radius 1 is 0.792 bits per heavy atom. The molecule has 0 aliphatic carbocycles. The summed E-state index contributed by atoms with van der Waals surface area (Å²) in [7, 11) is 0. The normalized spacial score (nSPS) is 13.2. The maximum atomic E-state index is 11.8. The summed E-state index contributed by atoms with van der Waals surface area (Å²) in [6.45, 7) is 0. The van der Waals surface area contributed by atoms with Crippen molar-refractivity contribution in [3.05, 3.63) is 71.8 Å². The van der Waals surface area contributed by atoms with Crippen molar-refractivity contribution < 1.29 is 19.8 Å². The zero-order valence-electron chi connectivity index (χ0n) is 13.5. The molecule has 0 aromatic heterocycles. The molecule has 2 aromatic carbocycles. The second-order valence-corrected chi connectivity index (χ2v) is 6.02. The van der Waals surface area contributed by atoms with Crippen molar-refractivity contribution >= 4 is 11.9 Å².